The molecule has 6 heteroatoms. The Bertz CT molecular complexity index is 1100. The van der Waals surface area contributed by atoms with Gasteiger partial charge in [0, 0.05) is 19.6 Å². The van der Waals surface area contributed by atoms with Crippen LogP contribution in [0, 0.1) is 23.2 Å². The molecule has 1 fully saturated rings. The number of nitrogens with one attached hydrogen (secondary N) is 1. The van der Waals surface area contributed by atoms with E-state index in [9.17, 15) is 10.1 Å². The SMILES string of the molecule is C[C@@H]1C[C@@H](C)CN(c2nc3ccccc3nc2[C@H](C#N)C(=O)NCc2ccccc2)C1. The molecule has 0 radical (unpaired) electrons. The van der Waals surface area contributed by atoms with Crippen LogP contribution in [-0.4, -0.2) is 29.0 Å². The van der Waals surface area contributed by atoms with Crippen molar-refractivity contribution in [2.45, 2.75) is 32.7 Å². The van der Waals surface area contributed by atoms with Crippen molar-refractivity contribution in [2.24, 2.45) is 11.8 Å². The Balaban J connectivity index is 1.69. The summed E-state index contributed by atoms with van der Waals surface area (Å²) in [6, 6.07) is 19.5. The van der Waals surface area contributed by atoms with E-state index in [0.29, 0.717) is 35.4 Å². The number of piperidine rings is 1. The summed E-state index contributed by atoms with van der Waals surface area (Å²) < 4.78 is 0. The largest absolute Gasteiger partial charge is 0.355 e. The lowest BCUT2D eigenvalue weighted by Crippen LogP contribution is -2.40. The van der Waals surface area contributed by atoms with Crippen molar-refractivity contribution in [1.82, 2.24) is 15.3 Å². The maximum absolute atomic E-state index is 13.0. The Morgan fingerprint density at radius 1 is 1.06 bits per heavy atom. The van der Waals surface area contributed by atoms with E-state index in [4.69, 9.17) is 9.97 Å². The van der Waals surface area contributed by atoms with E-state index < -0.39 is 5.92 Å². The molecule has 4 rings (SSSR count). The van der Waals surface area contributed by atoms with Crippen molar-refractivity contribution < 1.29 is 4.79 Å². The minimum atomic E-state index is -1.02. The van der Waals surface area contributed by atoms with Crippen LogP contribution in [-0.2, 0) is 11.3 Å². The zero-order valence-corrected chi connectivity index (χ0v) is 18.0. The maximum atomic E-state index is 13.0. The van der Waals surface area contributed by atoms with E-state index in [1.807, 2.05) is 54.6 Å². The van der Waals surface area contributed by atoms with Gasteiger partial charge in [0.25, 0.3) is 0 Å². The number of anilines is 1. The summed E-state index contributed by atoms with van der Waals surface area (Å²) in [6.45, 7) is 6.50. The van der Waals surface area contributed by atoms with E-state index in [-0.39, 0.29) is 5.91 Å². The van der Waals surface area contributed by atoms with Gasteiger partial charge in [-0.05, 0) is 36.0 Å². The molecule has 0 spiro atoms. The highest BCUT2D eigenvalue weighted by molar-refractivity contribution is 5.88. The number of carbonyl (C=O) groups is 1. The number of hydrogen-bond acceptors (Lipinski definition) is 5. The first-order valence-corrected chi connectivity index (χ1v) is 10.8. The number of amides is 1. The minimum absolute atomic E-state index is 0.352. The number of aromatic nitrogens is 2. The van der Waals surface area contributed by atoms with Crippen LogP contribution in [0.2, 0.25) is 0 Å². The molecular weight excluding hydrogens is 386 g/mol. The van der Waals surface area contributed by atoms with E-state index in [0.717, 1.165) is 30.6 Å². The predicted octanol–water partition coefficient (Wildman–Crippen LogP) is 4.04. The molecule has 158 valence electrons. The summed E-state index contributed by atoms with van der Waals surface area (Å²) in [4.78, 5) is 24.9. The number of carbonyl (C=O) groups excluding carboxylic acids is 1. The van der Waals surface area contributed by atoms with Crippen molar-refractivity contribution in [3.8, 4) is 6.07 Å². The van der Waals surface area contributed by atoms with Gasteiger partial charge in [-0.2, -0.15) is 5.26 Å². The molecule has 1 aromatic heterocycles. The highest BCUT2D eigenvalue weighted by Crippen LogP contribution is 2.31. The second-order valence-electron chi connectivity index (χ2n) is 8.54. The Labute approximate surface area is 182 Å². The first kappa shape index (κ1) is 20.8. The van der Waals surface area contributed by atoms with E-state index >= 15 is 0 Å². The number of rotatable bonds is 5. The predicted molar refractivity (Wildman–Crippen MR) is 121 cm³/mol. The second-order valence-corrected chi connectivity index (χ2v) is 8.54. The smallest absolute Gasteiger partial charge is 0.243 e. The molecule has 0 saturated carbocycles. The van der Waals surface area contributed by atoms with Crippen LogP contribution in [0.15, 0.2) is 54.6 Å². The summed E-state index contributed by atoms with van der Waals surface area (Å²) in [5, 5.41) is 12.8. The van der Waals surface area contributed by atoms with Gasteiger partial charge in [0.2, 0.25) is 5.91 Å². The van der Waals surface area contributed by atoms with Crippen molar-refractivity contribution in [3.05, 3.63) is 65.9 Å². The fraction of sp³-hybridized carbons (Fsp3) is 0.360. The molecule has 0 bridgehead atoms. The van der Waals surface area contributed by atoms with Gasteiger partial charge in [-0.25, -0.2) is 9.97 Å². The molecule has 1 aliphatic heterocycles. The Morgan fingerprint density at radius 3 is 2.32 bits per heavy atom. The monoisotopic (exact) mass is 413 g/mol. The molecule has 6 nitrogen and oxygen atoms in total. The standard InChI is InChI=1S/C25H27N5O/c1-17-12-18(2)16-30(15-17)24-23(28-21-10-6-7-11-22(21)29-24)20(13-26)25(31)27-14-19-8-4-3-5-9-19/h3-11,17-18,20H,12,14-16H2,1-2H3,(H,27,31)/t17-,18-,20+/m1/s1. The van der Waals surface area contributed by atoms with Gasteiger partial charge in [-0.3, -0.25) is 4.79 Å². The fourth-order valence-corrected chi connectivity index (χ4v) is 4.40. The number of benzene rings is 2. The second kappa shape index (κ2) is 9.13. The molecule has 1 aliphatic rings. The molecule has 2 aromatic carbocycles. The van der Waals surface area contributed by atoms with Gasteiger partial charge in [0.15, 0.2) is 11.7 Å². The zero-order valence-electron chi connectivity index (χ0n) is 18.0. The number of hydrogen-bond donors (Lipinski definition) is 1. The Morgan fingerprint density at radius 2 is 1.68 bits per heavy atom. The first-order valence-electron chi connectivity index (χ1n) is 10.8. The van der Waals surface area contributed by atoms with Crippen LogP contribution < -0.4 is 10.2 Å². The molecular formula is C25H27N5O. The third-order valence-corrected chi connectivity index (χ3v) is 5.72. The topological polar surface area (TPSA) is 81.9 Å². The van der Waals surface area contributed by atoms with Gasteiger partial charge in [-0.15, -0.1) is 0 Å². The molecule has 1 N–H and O–H groups in total. The van der Waals surface area contributed by atoms with Gasteiger partial charge in [0.05, 0.1) is 17.1 Å². The molecule has 2 heterocycles. The van der Waals surface area contributed by atoms with Crippen LogP contribution >= 0.6 is 0 Å². The third-order valence-electron chi connectivity index (χ3n) is 5.72. The van der Waals surface area contributed by atoms with Crippen LogP contribution in [0.3, 0.4) is 0 Å². The molecule has 3 aromatic rings. The van der Waals surface area contributed by atoms with Crippen LogP contribution in [0.4, 0.5) is 5.82 Å². The molecule has 0 unspecified atom stereocenters. The quantitative estimate of drug-likeness (QED) is 0.683. The van der Waals surface area contributed by atoms with Crippen molar-refractivity contribution in [3.63, 3.8) is 0 Å². The maximum Gasteiger partial charge on any atom is 0.243 e. The highest BCUT2D eigenvalue weighted by atomic mass is 16.1. The lowest BCUT2D eigenvalue weighted by atomic mass is 9.91. The summed E-state index contributed by atoms with van der Waals surface area (Å²) in [7, 11) is 0. The lowest BCUT2D eigenvalue weighted by molar-refractivity contribution is -0.121. The Hall–Kier alpha value is -3.46. The van der Waals surface area contributed by atoms with Crippen LogP contribution in [0.25, 0.3) is 11.0 Å². The normalized spacial score (nSPS) is 19.6. The highest BCUT2D eigenvalue weighted by Gasteiger charge is 2.31. The number of para-hydroxylation sites is 2. The van der Waals surface area contributed by atoms with Gasteiger partial charge in [0.1, 0.15) is 5.69 Å². The van der Waals surface area contributed by atoms with Crippen molar-refractivity contribution in [2.75, 3.05) is 18.0 Å². The molecule has 1 saturated heterocycles. The summed E-state index contributed by atoms with van der Waals surface area (Å²) in [5.74, 6) is 0.298. The first-order chi connectivity index (χ1) is 15.0. The average Bonchev–Trinajstić information content (AvgIpc) is 2.78. The third kappa shape index (κ3) is 4.66. The minimum Gasteiger partial charge on any atom is -0.355 e. The zero-order chi connectivity index (χ0) is 21.8. The van der Waals surface area contributed by atoms with Crippen molar-refractivity contribution >= 4 is 22.8 Å². The average molecular weight is 414 g/mol. The van der Waals surface area contributed by atoms with E-state index in [2.05, 4.69) is 30.1 Å². The van der Waals surface area contributed by atoms with Crippen LogP contribution in [0.1, 0.15) is 37.4 Å². The number of nitriles is 1. The molecule has 0 aliphatic carbocycles. The molecule has 3 atom stereocenters. The molecule has 1 amide bonds. The Kier molecular flexibility index (Phi) is 6.13. The number of nitrogens with zero attached hydrogens (tertiary/aromatic N) is 4. The summed E-state index contributed by atoms with van der Waals surface area (Å²) in [6.07, 6.45) is 1.16. The number of fused-ring (bicyclic) bond motifs is 1. The summed E-state index contributed by atoms with van der Waals surface area (Å²) >= 11 is 0. The van der Waals surface area contributed by atoms with E-state index in [1.165, 1.54) is 0 Å². The van der Waals surface area contributed by atoms with Gasteiger partial charge >= 0.3 is 0 Å². The van der Waals surface area contributed by atoms with E-state index in [1.54, 1.807) is 0 Å². The van der Waals surface area contributed by atoms with Gasteiger partial charge in [-0.1, -0.05) is 56.3 Å². The fourth-order valence-electron chi connectivity index (χ4n) is 4.40. The van der Waals surface area contributed by atoms with Crippen molar-refractivity contribution in [1.29, 1.82) is 5.26 Å². The van der Waals surface area contributed by atoms with Gasteiger partial charge < -0.3 is 10.2 Å². The van der Waals surface area contributed by atoms with Crippen LogP contribution in [0.5, 0.6) is 0 Å². The summed E-state index contributed by atoms with van der Waals surface area (Å²) in [5.41, 5.74) is 2.88. The molecule has 31 heavy (non-hydrogen) atoms. The lowest BCUT2D eigenvalue weighted by Gasteiger charge is -2.36.